The molecule has 1 aromatic heterocycles. The molecular weight excluding hydrogens is 374 g/mol. The number of rotatable bonds is 6. The number of nitrogens with zero attached hydrogens (tertiary/aromatic N) is 2. The molecule has 6 nitrogen and oxygen atoms in total. The number of carbonyl (C=O) groups is 1. The normalized spacial score (nSPS) is 11.1. The Balaban J connectivity index is 1.86. The summed E-state index contributed by atoms with van der Waals surface area (Å²) in [5.74, 6) is -0.356. The molecule has 0 unspecified atom stereocenters. The Bertz CT molecular complexity index is 1070. The topological polar surface area (TPSA) is 79.4 Å². The maximum Gasteiger partial charge on any atom is 0.264 e. The minimum atomic E-state index is -3.79. The van der Waals surface area contributed by atoms with Crippen LogP contribution in [0.3, 0.4) is 0 Å². The quantitative estimate of drug-likeness (QED) is 0.695. The first-order chi connectivity index (χ1) is 13.4. The van der Waals surface area contributed by atoms with Gasteiger partial charge in [0.15, 0.2) is 0 Å². The molecule has 28 heavy (non-hydrogen) atoms. The van der Waals surface area contributed by atoms with Crippen molar-refractivity contribution in [2.75, 3.05) is 11.4 Å². The summed E-state index contributed by atoms with van der Waals surface area (Å²) in [4.78, 5) is 16.9. The van der Waals surface area contributed by atoms with E-state index in [1.807, 2.05) is 13.0 Å². The van der Waals surface area contributed by atoms with Gasteiger partial charge in [0.25, 0.3) is 15.9 Å². The second-order valence-corrected chi connectivity index (χ2v) is 8.32. The molecule has 0 atom stereocenters. The summed E-state index contributed by atoms with van der Waals surface area (Å²) in [7, 11) is -2.34. The lowest BCUT2D eigenvalue weighted by atomic mass is 10.1. The number of amides is 1. The van der Waals surface area contributed by atoms with E-state index in [0.29, 0.717) is 12.2 Å². The number of aromatic nitrogens is 1. The van der Waals surface area contributed by atoms with Crippen molar-refractivity contribution in [1.29, 1.82) is 0 Å². The van der Waals surface area contributed by atoms with Crippen LogP contribution < -0.4 is 9.62 Å². The van der Waals surface area contributed by atoms with Crippen LogP contribution in [0.1, 0.15) is 21.5 Å². The van der Waals surface area contributed by atoms with Crippen LogP contribution in [-0.4, -0.2) is 26.4 Å². The number of aryl methyl sites for hydroxylation is 1. The van der Waals surface area contributed by atoms with Gasteiger partial charge in [-0.15, -0.1) is 0 Å². The first-order valence-corrected chi connectivity index (χ1v) is 10.2. The fourth-order valence-corrected chi connectivity index (χ4v) is 3.93. The Morgan fingerprint density at radius 1 is 1.04 bits per heavy atom. The molecule has 144 valence electrons. The molecule has 7 heteroatoms. The van der Waals surface area contributed by atoms with E-state index in [1.165, 1.54) is 7.05 Å². The maximum absolute atomic E-state index is 13.0. The van der Waals surface area contributed by atoms with Crippen LogP contribution in [0.2, 0.25) is 0 Å². The molecule has 3 rings (SSSR count). The molecule has 0 saturated heterocycles. The summed E-state index contributed by atoms with van der Waals surface area (Å²) < 4.78 is 27.1. The molecule has 1 amide bonds. The summed E-state index contributed by atoms with van der Waals surface area (Å²) >= 11 is 0. The number of anilines is 1. The van der Waals surface area contributed by atoms with E-state index in [2.05, 4.69) is 10.3 Å². The minimum absolute atomic E-state index is 0.172. The van der Waals surface area contributed by atoms with E-state index in [-0.39, 0.29) is 16.4 Å². The number of para-hydroxylation sites is 1. The van der Waals surface area contributed by atoms with E-state index in [9.17, 15) is 13.2 Å². The van der Waals surface area contributed by atoms with Gasteiger partial charge in [0.2, 0.25) is 0 Å². The van der Waals surface area contributed by atoms with Gasteiger partial charge in [-0.1, -0.05) is 35.9 Å². The monoisotopic (exact) mass is 395 g/mol. The van der Waals surface area contributed by atoms with Crippen LogP contribution >= 0.6 is 0 Å². The number of hydrogen-bond donors (Lipinski definition) is 1. The predicted molar refractivity (Wildman–Crippen MR) is 109 cm³/mol. The predicted octanol–water partition coefficient (Wildman–Crippen LogP) is 3.15. The largest absolute Gasteiger partial charge is 0.348 e. The van der Waals surface area contributed by atoms with Crippen molar-refractivity contribution < 1.29 is 13.2 Å². The Kier molecular flexibility index (Phi) is 5.75. The van der Waals surface area contributed by atoms with Gasteiger partial charge in [0.1, 0.15) is 0 Å². The maximum atomic E-state index is 13.0. The lowest BCUT2D eigenvalue weighted by molar-refractivity contribution is 0.0951. The van der Waals surface area contributed by atoms with Gasteiger partial charge in [0.05, 0.1) is 16.1 Å². The van der Waals surface area contributed by atoms with Crippen molar-refractivity contribution in [3.63, 3.8) is 0 Å². The van der Waals surface area contributed by atoms with E-state index in [4.69, 9.17) is 0 Å². The molecule has 0 radical (unpaired) electrons. The van der Waals surface area contributed by atoms with Crippen molar-refractivity contribution in [2.45, 2.75) is 18.4 Å². The summed E-state index contributed by atoms with van der Waals surface area (Å²) in [6.07, 6.45) is 3.33. The Hall–Kier alpha value is -3.19. The molecule has 0 aliphatic rings. The highest BCUT2D eigenvalue weighted by Crippen LogP contribution is 2.26. The minimum Gasteiger partial charge on any atom is -0.348 e. The number of benzene rings is 2. The van der Waals surface area contributed by atoms with Crippen molar-refractivity contribution in [2.24, 2.45) is 0 Å². The molecule has 1 heterocycles. The smallest absolute Gasteiger partial charge is 0.264 e. The number of nitrogens with one attached hydrogen (secondary N) is 1. The molecule has 3 aromatic rings. The highest BCUT2D eigenvalue weighted by molar-refractivity contribution is 7.92. The first kappa shape index (κ1) is 19.6. The van der Waals surface area contributed by atoms with Crippen molar-refractivity contribution in [3.8, 4) is 0 Å². The lowest BCUT2D eigenvalue weighted by Crippen LogP contribution is -2.30. The Morgan fingerprint density at radius 3 is 2.43 bits per heavy atom. The summed E-state index contributed by atoms with van der Waals surface area (Å²) in [6, 6.07) is 16.9. The molecule has 0 bridgehead atoms. The average Bonchev–Trinajstić information content (AvgIpc) is 2.72. The van der Waals surface area contributed by atoms with Gasteiger partial charge in [0, 0.05) is 26.0 Å². The van der Waals surface area contributed by atoms with Crippen molar-refractivity contribution in [3.05, 3.63) is 89.7 Å². The van der Waals surface area contributed by atoms with Crippen LogP contribution in [0.5, 0.6) is 0 Å². The van der Waals surface area contributed by atoms with Gasteiger partial charge in [-0.05, 0) is 42.8 Å². The highest BCUT2D eigenvalue weighted by atomic mass is 32.2. The van der Waals surface area contributed by atoms with Crippen LogP contribution in [0.25, 0.3) is 0 Å². The van der Waals surface area contributed by atoms with Gasteiger partial charge < -0.3 is 5.32 Å². The van der Waals surface area contributed by atoms with Crippen LogP contribution in [0, 0.1) is 6.92 Å². The van der Waals surface area contributed by atoms with E-state index in [0.717, 1.165) is 15.4 Å². The summed E-state index contributed by atoms with van der Waals surface area (Å²) in [6.45, 7) is 2.19. The van der Waals surface area contributed by atoms with Gasteiger partial charge in [-0.3, -0.25) is 14.1 Å². The van der Waals surface area contributed by atoms with Gasteiger partial charge in [-0.25, -0.2) is 8.42 Å². The van der Waals surface area contributed by atoms with Crippen LogP contribution in [0.4, 0.5) is 5.69 Å². The van der Waals surface area contributed by atoms with E-state index < -0.39 is 10.0 Å². The zero-order valence-corrected chi connectivity index (χ0v) is 16.5. The molecule has 0 saturated carbocycles. The fourth-order valence-electron chi connectivity index (χ4n) is 2.72. The second-order valence-electron chi connectivity index (χ2n) is 6.35. The zero-order chi connectivity index (χ0) is 20.1. The third-order valence-electron chi connectivity index (χ3n) is 4.34. The first-order valence-electron chi connectivity index (χ1n) is 8.71. The molecule has 0 spiro atoms. The standard InChI is InChI=1S/C21H21N3O3S/c1-16-9-11-18(12-10-16)28(26,27)24(2)20-8-4-3-7-19(20)21(25)23-15-17-6-5-13-22-14-17/h3-14H,15H2,1-2H3,(H,23,25). The number of carbonyl (C=O) groups excluding carboxylic acids is 1. The zero-order valence-electron chi connectivity index (χ0n) is 15.7. The van der Waals surface area contributed by atoms with Crippen molar-refractivity contribution in [1.82, 2.24) is 10.3 Å². The SMILES string of the molecule is Cc1ccc(S(=O)(=O)N(C)c2ccccc2C(=O)NCc2cccnc2)cc1. The Labute approximate surface area is 164 Å². The molecule has 2 aromatic carbocycles. The van der Waals surface area contributed by atoms with Crippen LogP contribution in [0.15, 0.2) is 78.0 Å². The summed E-state index contributed by atoms with van der Waals surface area (Å²) in [5, 5.41) is 2.81. The second kappa shape index (κ2) is 8.22. The number of pyridine rings is 1. The van der Waals surface area contributed by atoms with Gasteiger partial charge >= 0.3 is 0 Å². The third-order valence-corrected chi connectivity index (χ3v) is 6.13. The summed E-state index contributed by atoms with van der Waals surface area (Å²) in [5.41, 5.74) is 2.42. The molecule has 0 fully saturated rings. The highest BCUT2D eigenvalue weighted by Gasteiger charge is 2.24. The van der Waals surface area contributed by atoms with Crippen LogP contribution in [-0.2, 0) is 16.6 Å². The lowest BCUT2D eigenvalue weighted by Gasteiger charge is -2.22. The third kappa shape index (κ3) is 4.20. The number of hydrogen-bond acceptors (Lipinski definition) is 4. The Morgan fingerprint density at radius 2 is 1.75 bits per heavy atom. The molecular formula is C21H21N3O3S. The number of sulfonamides is 1. The van der Waals surface area contributed by atoms with E-state index >= 15 is 0 Å². The molecule has 0 aliphatic carbocycles. The van der Waals surface area contributed by atoms with E-state index in [1.54, 1.807) is 67.0 Å². The van der Waals surface area contributed by atoms with Crippen molar-refractivity contribution >= 4 is 21.6 Å². The van der Waals surface area contributed by atoms with Gasteiger partial charge in [-0.2, -0.15) is 0 Å². The average molecular weight is 395 g/mol. The molecule has 0 aliphatic heterocycles. The molecule has 1 N–H and O–H groups in total. The fraction of sp³-hybridized carbons (Fsp3) is 0.143.